The molecule has 1 aliphatic rings. The van der Waals surface area contributed by atoms with Gasteiger partial charge in [-0.3, -0.25) is 14.5 Å². The van der Waals surface area contributed by atoms with Gasteiger partial charge in [0.25, 0.3) is 5.91 Å². The van der Waals surface area contributed by atoms with Crippen LogP contribution in [-0.2, 0) is 16.0 Å². The first-order valence-corrected chi connectivity index (χ1v) is 12.7. The third-order valence-corrected chi connectivity index (χ3v) is 7.19. The van der Waals surface area contributed by atoms with E-state index in [-0.39, 0.29) is 22.3 Å². The van der Waals surface area contributed by atoms with E-state index in [2.05, 4.69) is 10.4 Å². The van der Waals surface area contributed by atoms with E-state index in [1.54, 1.807) is 54.1 Å². The Kier molecular flexibility index (Phi) is 7.07. The highest BCUT2D eigenvalue weighted by Gasteiger charge is 2.40. The fraction of sp³-hybridized carbons (Fsp3) is 0.103. The molecule has 2 amide bonds. The van der Waals surface area contributed by atoms with Crippen molar-refractivity contribution in [3.05, 3.63) is 119 Å². The Bertz CT molecular complexity index is 1560. The molecule has 7 nitrogen and oxygen atoms in total. The second-order valence-corrected chi connectivity index (χ2v) is 9.80. The average Bonchev–Trinajstić information content (AvgIpc) is 3.45. The van der Waals surface area contributed by atoms with E-state index >= 15 is 0 Å². The summed E-state index contributed by atoms with van der Waals surface area (Å²) in [7, 11) is 0. The van der Waals surface area contributed by atoms with E-state index in [0.717, 1.165) is 23.0 Å². The SMILES string of the molecule is Cc1cc(NC(=O)C(C#N)=C2SC(Cc3ccc(F)cc3)C(=O)N2c2ccccc2)n(-c2ccccc2)n1. The summed E-state index contributed by atoms with van der Waals surface area (Å²) in [6, 6.07) is 27.9. The Balaban J connectivity index is 1.51. The minimum absolute atomic E-state index is 0.188. The first kappa shape index (κ1) is 25.0. The van der Waals surface area contributed by atoms with E-state index < -0.39 is 11.2 Å². The van der Waals surface area contributed by atoms with E-state index in [0.29, 0.717) is 23.6 Å². The van der Waals surface area contributed by atoms with E-state index in [1.807, 2.05) is 42.5 Å². The number of carbonyl (C=O) groups excluding carboxylic acids is 2. The molecule has 0 saturated carbocycles. The summed E-state index contributed by atoms with van der Waals surface area (Å²) >= 11 is 1.15. The number of aryl methyl sites for hydroxylation is 1. The van der Waals surface area contributed by atoms with Gasteiger partial charge in [0, 0.05) is 11.8 Å². The quantitative estimate of drug-likeness (QED) is 0.271. The van der Waals surface area contributed by atoms with Crippen LogP contribution in [0.25, 0.3) is 5.69 Å². The standard InChI is InChI=1S/C29H22FN5O2S/c1-19-16-26(35(33-19)23-10-6-3-7-11-23)32-27(36)24(18-31)29-34(22-8-4-2-5-9-22)28(37)25(38-29)17-20-12-14-21(30)15-13-20/h2-16,25H,17H2,1H3,(H,32,36). The molecule has 1 aliphatic heterocycles. The summed E-state index contributed by atoms with van der Waals surface area (Å²) < 4.78 is 15.0. The van der Waals surface area contributed by atoms with Crippen molar-refractivity contribution in [1.29, 1.82) is 5.26 Å². The second-order valence-electron chi connectivity index (χ2n) is 8.61. The number of aromatic nitrogens is 2. The summed E-state index contributed by atoms with van der Waals surface area (Å²) in [6.45, 7) is 1.81. The van der Waals surface area contributed by atoms with Gasteiger partial charge >= 0.3 is 0 Å². The number of carbonyl (C=O) groups is 2. The third-order valence-electron chi connectivity index (χ3n) is 5.93. The largest absolute Gasteiger partial charge is 0.306 e. The Morgan fingerprint density at radius 3 is 2.29 bits per heavy atom. The van der Waals surface area contributed by atoms with Crippen LogP contribution in [-0.4, -0.2) is 26.8 Å². The number of nitrogens with zero attached hydrogens (tertiary/aromatic N) is 4. The van der Waals surface area contributed by atoms with Crippen LogP contribution in [0.4, 0.5) is 15.9 Å². The normalized spacial score (nSPS) is 16.3. The zero-order valence-corrected chi connectivity index (χ0v) is 21.2. The van der Waals surface area contributed by atoms with Crippen LogP contribution >= 0.6 is 11.8 Å². The van der Waals surface area contributed by atoms with Gasteiger partial charge in [0.1, 0.15) is 28.3 Å². The van der Waals surface area contributed by atoms with Crippen molar-refractivity contribution in [2.75, 3.05) is 10.2 Å². The molecule has 0 bridgehead atoms. The lowest BCUT2D eigenvalue weighted by Gasteiger charge is -2.18. The van der Waals surface area contributed by atoms with Crippen molar-refractivity contribution in [3.8, 4) is 11.8 Å². The van der Waals surface area contributed by atoms with E-state index in [4.69, 9.17) is 0 Å². The number of nitrogens with one attached hydrogen (secondary N) is 1. The topological polar surface area (TPSA) is 91.0 Å². The molecule has 3 aromatic carbocycles. The van der Waals surface area contributed by atoms with Crippen LogP contribution in [0.15, 0.2) is 102 Å². The maximum atomic E-state index is 13.6. The maximum absolute atomic E-state index is 13.6. The molecular formula is C29H22FN5O2S. The molecule has 9 heteroatoms. The minimum Gasteiger partial charge on any atom is -0.306 e. The van der Waals surface area contributed by atoms with Crippen LogP contribution < -0.4 is 10.2 Å². The molecule has 2 heterocycles. The number of halogens is 1. The van der Waals surface area contributed by atoms with Crippen molar-refractivity contribution in [2.45, 2.75) is 18.6 Å². The van der Waals surface area contributed by atoms with Gasteiger partial charge in [-0.25, -0.2) is 9.07 Å². The van der Waals surface area contributed by atoms with Crippen molar-refractivity contribution >= 4 is 35.1 Å². The maximum Gasteiger partial charge on any atom is 0.270 e. The van der Waals surface area contributed by atoms with Gasteiger partial charge in [-0.05, 0) is 55.3 Å². The molecule has 0 radical (unpaired) electrons. The van der Waals surface area contributed by atoms with Crippen molar-refractivity contribution in [3.63, 3.8) is 0 Å². The summed E-state index contributed by atoms with van der Waals surface area (Å²) in [5.74, 6) is -0.871. The van der Waals surface area contributed by atoms with E-state index in [9.17, 15) is 19.2 Å². The van der Waals surface area contributed by atoms with Gasteiger partial charge in [0.2, 0.25) is 5.91 Å². The lowest BCUT2D eigenvalue weighted by Crippen LogP contribution is -2.31. The van der Waals surface area contributed by atoms with Crippen LogP contribution in [0.2, 0.25) is 0 Å². The number of benzene rings is 3. The third kappa shape index (κ3) is 5.08. The van der Waals surface area contributed by atoms with Crippen LogP contribution in [0.5, 0.6) is 0 Å². The number of hydrogen-bond donors (Lipinski definition) is 1. The minimum atomic E-state index is -0.650. The van der Waals surface area contributed by atoms with Crippen LogP contribution in [0, 0.1) is 24.1 Å². The Morgan fingerprint density at radius 1 is 1.03 bits per heavy atom. The summed E-state index contributed by atoms with van der Waals surface area (Å²) in [6.07, 6.45) is 0.316. The fourth-order valence-electron chi connectivity index (χ4n) is 4.17. The molecule has 1 unspecified atom stereocenters. The molecule has 1 aromatic heterocycles. The van der Waals surface area contributed by atoms with Gasteiger partial charge in [0.05, 0.1) is 16.6 Å². The fourth-order valence-corrected chi connectivity index (χ4v) is 5.48. The van der Waals surface area contributed by atoms with Crippen molar-refractivity contribution in [1.82, 2.24) is 9.78 Å². The number of nitriles is 1. The molecule has 0 aliphatic carbocycles. The molecule has 1 atom stereocenters. The molecule has 1 saturated heterocycles. The highest BCUT2D eigenvalue weighted by molar-refractivity contribution is 8.05. The van der Waals surface area contributed by atoms with Crippen LogP contribution in [0.3, 0.4) is 0 Å². The Hall–Kier alpha value is -4.68. The molecule has 4 aromatic rings. The van der Waals surface area contributed by atoms with E-state index in [1.165, 1.54) is 17.0 Å². The Morgan fingerprint density at radius 2 is 1.66 bits per heavy atom. The molecule has 188 valence electrons. The zero-order chi connectivity index (χ0) is 26.6. The number of hydrogen-bond acceptors (Lipinski definition) is 5. The highest BCUT2D eigenvalue weighted by Crippen LogP contribution is 2.42. The monoisotopic (exact) mass is 523 g/mol. The molecular weight excluding hydrogens is 501 g/mol. The molecule has 38 heavy (non-hydrogen) atoms. The van der Waals surface area contributed by atoms with Crippen molar-refractivity contribution in [2.24, 2.45) is 0 Å². The second kappa shape index (κ2) is 10.7. The van der Waals surface area contributed by atoms with Gasteiger partial charge in [0.15, 0.2) is 0 Å². The molecule has 0 spiro atoms. The average molecular weight is 524 g/mol. The number of para-hydroxylation sites is 2. The molecule has 1 N–H and O–H groups in total. The highest BCUT2D eigenvalue weighted by atomic mass is 32.2. The lowest BCUT2D eigenvalue weighted by molar-refractivity contribution is -0.117. The van der Waals surface area contributed by atoms with Gasteiger partial charge in [-0.2, -0.15) is 10.4 Å². The smallest absolute Gasteiger partial charge is 0.270 e. The predicted octanol–water partition coefficient (Wildman–Crippen LogP) is 5.38. The zero-order valence-electron chi connectivity index (χ0n) is 20.3. The number of rotatable bonds is 6. The number of amides is 2. The lowest BCUT2D eigenvalue weighted by atomic mass is 10.1. The van der Waals surface area contributed by atoms with Gasteiger partial charge in [-0.15, -0.1) is 0 Å². The number of thioether (sulfide) groups is 1. The van der Waals surface area contributed by atoms with Crippen molar-refractivity contribution < 1.29 is 14.0 Å². The number of anilines is 2. The summed E-state index contributed by atoms with van der Waals surface area (Å²) in [5.41, 5.74) is 2.57. The summed E-state index contributed by atoms with van der Waals surface area (Å²) in [5, 5.41) is 17.0. The first-order chi connectivity index (χ1) is 18.4. The molecule has 5 rings (SSSR count). The summed E-state index contributed by atoms with van der Waals surface area (Å²) in [4.78, 5) is 28.5. The van der Waals surface area contributed by atoms with Crippen LogP contribution in [0.1, 0.15) is 11.3 Å². The van der Waals surface area contributed by atoms with Gasteiger partial charge < -0.3 is 5.32 Å². The predicted molar refractivity (Wildman–Crippen MR) is 145 cm³/mol. The Labute approximate surface area is 223 Å². The first-order valence-electron chi connectivity index (χ1n) is 11.8. The molecule has 1 fully saturated rings. The van der Waals surface area contributed by atoms with Gasteiger partial charge in [-0.1, -0.05) is 60.3 Å².